The van der Waals surface area contributed by atoms with E-state index in [9.17, 15) is 14.7 Å². The van der Waals surface area contributed by atoms with Crippen LogP contribution in [0.4, 0.5) is 0 Å². The molecule has 0 unspecified atom stereocenters. The Morgan fingerprint density at radius 3 is 1.29 bits per heavy atom. The molecule has 0 saturated heterocycles. The van der Waals surface area contributed by atoms with Crippen LogP contribution >= 0.6 is 0 Å². The van der Waals surface area contributed by atoms with E-state index in [1.54, 1.807) is 0 Å². The van der Waals surface area contributed by atoms with E-state index in [1.165, 1.54) is 135 Å². The summed E-state index contributed by atoms with van der Waals surface area (Å²) < 4.78 is 10.6. The molecule has 0 bridgehead atoms. The number of allylic oxidation sites excluding steroid dienone is 6. The van der Waals surface area contributed by atoms with Gasteiger partial charge in [0.2, 0.25) is 0 Å². The molecule has 0 radical (unpaired) electrons. The third kappa shape index (κ3) is 38.8. The van der Waals surface area contributed by atoms with Crippen LogP contribution in [0, 0.1) is 0 Å². The molecule has 0 heterocycles. The first-order valence-corrected chi connectivity index (χ1v) is 21.0. The van der Waals surface area contributed by atoms with Crippen LogP contribution in [0.25, 0.3) is 0 Å². The van der Waals surface area contributed by atoms with Gasteiger partial charge in [0.25, 0.3) is 0 Å². The molecule has 0 amide bonds. The first-order valence-electron chi connectivity index (χ1n) is 21.0. The van der Waals surface area contributed by atoms with Crippen molar-refractivity contribution in [1.29, 1.82) is 0 Å². The Bertz CT molecular complexity index is 786. The molecule has 5 heteroatoms. The maximum atomic E-state index is 12.2. The van der Waals surface area contributed by atoms with Gasteiger partial charge in [0.1, 0.15) is 6.61 Å². The first kappa shape index (κ1) is 47.1. The van der Waals surface area contributed by atoms with Gasteiger partial charge in [-0.1, -0.05) is 172 Å². The lowest BCUT2D eigenvalue weighted by atomic mass is 10.0. The third-order valence-electron chi connectivity index (χ3n) is 9.16. The van der Waals surface area contributed by atoms with Crippen LogP contribution in [0.2, 0.25) is 0 Å². The molecule has 49 heavy (non-hydrogen) atoms. The fourth-order valence-electron chi connectivity index (χ4n) is 5.92. The average molecular weight is 689 g/mol. The molecule has 1 atom stereocenters. The predicted molar refractivity (Wildman–Crippen MR) is 210 cm³/mol. The smallest absolute Gasteiger partial charge is 0.306 e. The second-order valence-electron chi connectivity index (χ2n) is 14.1. The van der Waals surface area contributed by atoms with Crippen molar-refractivity contribution in [3.63, 3.8) is 0 Å². The van der Waals surface area contributed by atoms with Crippen molar-refractivity contribution < 1.29 is 24.2 Å². The van der Waals surface area contributed by atoms with Crippen LogP contribution in [0.15, 0.2) is 36.5 Å². The van der Waals surface area contributed by atoms with Crippen LogP contribution in [-0.2, 0) is 19.1 Å². The zero-order valence-electron chi connectivity index (χ0n) is 32.5. The van der Waals surface area contributed by atoms with Crippen LogP contribution < -0.4 is 0 Å². The summed E-state index contributed by atoms with van der Waals surface area (Å²) in [4.78, 5) is 24.3. The van der Waals surface area contributed by atoms with Gasteiger partial charge in [-0.25, -0.2) is 0 Å². The molecular formula is C44H80O5. The van der Waals surface area contributed by atoms with E-state index in [-0.39, 0.29) is 25.2 Å². The topological polar surface area (TPSA) is 72.8 Å². The largest absolute Gasteiger partial charge is 0.462 e. The number of ether oxygens (including phenoxy) is 2. The summed E-state index contributed by atoms with van der Waals surface area (Å²) in [7, 11) is 0. The minimum atomic E-state index is -0.777. The fraction of sp³-hybridized carbons (Fsp3) is 0.818. The first-order chi connectivity index (χ1) is 24.1. The summed E-state index contributed by atoms with van der Waals surface area (Å²) >= 11 is 0. The molecule has 0 aromatic rings. The molecule has 0 aliphatic heterocycles. The highest BCUT2D eigenvalue weighted by molar-refractivity contribution is 5.70. The lowest BCUT2D eigenvalue weighted by molar-refractivity contribution is -0.161. The number of hydrogen-bond donors (Lipinski definition) is 1. The third-order valence-corrected chi connectivity index (χ3v) is 9.16. The molecule has 0 fully saturated rings. The lowest BCUT2D eigenvalue weighted by Gasteiger charge is -2.15. The summed E-state index contributed by atoms with van der Waals surface area (Å²) in [5.41, 5.74) is 0. The van der Waals surface area contributed by atoms with E-state index in [0.29, 0.717) is 12.8 Å². The molecule has 0 aliphatic carbocycles. The van der Waals surface area contributed by atoms with E-state index in [2.05, 4.69) is 50.3 Å². The van der Waals surface area contributed by atoms with Crippen molar-refractivity contribution in [1.82, 2.24) is 0 Å². The summed E-state index contributed by atoms with van der Waals surface area (Å²) in [5.74, 6) is -0.604. The Balaban J connectivity index is 3.52. The van der Waals surface area contributed by atoms with Gasteiger partial charge in [-0.15, -0.1) is 0 Å². The number of rotatable bonds is 38. The van der Waals surface area contributed by atoms with Crippen molar-refractivity contribution >= 4 is 11.9 Å². The molecule has 0 aromatic heterocycles. The Labute approximate surface area is 304 Å². The molecule has 0 rings (SSSR count). The van der Waals surface area contributed by atoms with E-state index < -0.39 is 6.10 Å². The maximum Gasteiger partial charge on any atom is 0.306 e. The molecule has 0 aromatic carbocycles. The second-order valence-corrected chi connectivity index (χ2v) is 14.1. The number of aliphatic hydroxyl groups is 1. The van der Waals surface area contributed by atoms with Gasteiger partial charge in [0, 0.05) is 12.8 Å². The van der Waals surface area contributed by atoms with Gasteiger partial charge >= 0.3 is 11.9 Å². The molecular weight excluding hydrogens is 608 g/mol. The number of unbranched alkanes of at least 4 members (excludes halogenated alkanes) is 24. The Morgan fingerprint density at radius 2 is 0.837 bits per heavy atom. The number of aliphatic hydroxyl groups excluding tert-OH is 1. The minimum absolute atomic E-state index is 0.0704. The number of hydrogen-bond acceptors (Lipinski definition) is 5. The van der Waals surface area contributed by atoms with Gasteiger partial charge in [-0.05, 0) is 64.2 Å². The van der Waals surface area contributed by atoms with Crippen LogP contribution in [0.3, 0.4) is 0 Å². The zero-order chi connectivity index (χ0) is 35.7. The summed E-state index contributed by atoms with van der Waals surface area (Å²) in [5, 5.41) is 9.56. The Kier molecular flexibility index (Phi) is 39.0. The summed E-state index contributed by atoms with van der Waals surface area (Å²) in [6.07, 6.45) is 49.2. The molecule has 0 aliphatic rings. The second kappa shape index (κ2) is 40.5. The van der Waals surface area contributed by atoms with Crippen LogP contribution in [-0.4, -0.2) is 36.4 Å². The van der Waals surface area contributed by atoms with Gasteiger partial charge in [-0.2, -0.15) is 0 Å². The van der Waals surface area contributed by atoms with Crippen LogP contribution in [0.5, 0.6) is 0 Å². The monoisotopic (exact) mass is 689 g/mol. The van der Waals surface area contributed by atoms with Gasteiger partial charge < -0.3 is 14.6 Å². The fourth-order valence-corrected chi connectivity index (χ4v) is 5.92. The number of carbonyl (C=O) groups is 2. The Hall–Kier alpha value is -1.88. The van der Waals surface area contributed by atoms with E-state index >= 15 is 0 Å². The standard InChI is InChI=1S/C44H80O5/c1-3-5-7-9-11-13-15-17-19-20-21-22-23-24-25-27-28-30-32-34-36-38-43(46)48-41-42(40-45)49-44(47)39-37-35-33-31-29-26-18-16-14-12-10-8-6-4-2/h10,12,16-19,42,45H,3-9,11,13-15,20-41H2,1-2H3/b12-10+,18-16+,19-17+/t42-/m0/s1. The molecule has 0 spiro atoms. The Morgan fingerprint density at radius 1 is 0.469 bits per heavy atom. The predicted octanol–water partition coefficient (Wildman–Crippen LogP) is 13.2. The molecule has 5 nitrogen and oxygen atoms in total. The highest BCUT2D eigenvalue weighted by Gasteiger charge is 2.16. The highest BCUT2D eigenvalue weighted by atomic mass is 16.6. The van der Waals surface area contributed by atoms with Crippen molar-refractivity contribution in [2.75, 3.05) is 13.2 Å². The number of esters is 2. The number of carbonyl (C=O) groups excluding carboxylic acids is 2. The van der Waals surface area contributed by atoms with Crippen LogP contribution in [0.1, 0.15) is 213 Å². The lowest BCUT2D eigenvalue weighted by Crippen LogP contribution is -2.28. The summed E-state index contributed by atoms with van der Waals surface area (Å²) in [6, 6.07) is 0. The van der Waals surface area contributed by atoms with Crippen molar-refractivity contribution in [3.8, 4) is 0 Å². The van der Waals surface area contributed by atoms with E-state index in [0.717, 1.165) is 51.4 Å². The van der Waals surface area contributed by atoms with Gasteiger partial charge in [0.05, 0.1) is 6.61 Å². The normalized spacial score (nSPS) is 12.5. The van der Waals surface area contributed by atoms with Gasteiger partial charge in [0.15, 0.2) is 6.10 Å². The van der Waals surface area contributed by atoms with Crippen molar-refractivity contribution in [2.45, 2.75) is 219 Å². The quantitative estimate of drug-likeness (QED) is 0.0397. The molecule has 0 saturated carbocycles. The molecule has 286 valence electrons. The maximum absolute atomic E-state index is 12.2. The highest BCUT2D eigenvalue weighted by Crippen LogP contribution is 2.14. The SMILES string of the molecule is CCCC/C=C/C/C=C/CCCCCCCC(=O)O[C@@H](CO)COC(=O)CCCCCCCCCCCCC/C=C/CCCCCCCC. The average Bonchev–Trinajstić information content (AvgIpc) is 3.10. The van der Waals surface area contributed by atoms with E-state index in [4.69, 9.17) is 9.47 Å². The van der Waals surface area contributed by atoms with Crippen molar-refractivity contribution in [2.24, 2.45) is 0 Å². The molecule has 1 N–H and O–H groups in total. The summed E-state index contributed by atoms with van der Waals surface area (Å²) in [6.45, 7) is 4.09. The minimum Gasteiger partial charge on any atom is -0.462 e. The van der Waals surface area contributed by atoms with E-state index in [1.807, 2.05) is 0 Å². The van der Waals surface area contributed by atoms with Crippen molar-refractivity contribution in [3.05, 3.63) is 36.5 Å². The van der Waals surface area contributed by atoms with Gasteiger partial charge in [-0.3, -0.25) is 9.59 Å². The zero-order valence-corrected chi connectivity index (χ0v) is 32.5.